The van der Waals surface area contributed by atoms with E-state index >= 15 is 0 Å². The van der Waals surface area contributed by atoms with Crippen LogP contribution >= 0.6 is 11.8 Å². The molecule has 0 bridgehead atoms. The number of hydrogen-bond acceptors (Lipinski definition) is 4. The number of thioether (sulfide) groups is 1. The van der Waals surface area contributed by atoms with Crippen LogP contribution < -0.4 is 5.32 Å². The Labute approximate surface area is 114 Å². The van der Waals surface area contributed by atoms with Crippen LogP contribution in [0.2, 0.25) is 0 Å². The lowest BCUT2D eigenvalue weighted by Gasteiger charge is -2.15. The average molecular weight is 272 g/mol. The highest BCUT2D eigenvalue weighted by molar-refractivity contribution is 8.14. The van der Waals surface area contributed by atoms with Crippen molar-refractivity contribution in [1.29, 1.82) is 0 Å². The molecule has 1 N–H and O–H groups in total. The highest BCUT2D eigenvalue weighted by atomic mass is 32.2. The largest absolute Gasteiger partial charge is 0.367 e. The molecular weight excluding hydrogens is 260 g/mol. The number of anilines is 1. The van der Waals surface area contributed by atoms with Crippen molar-refractivity contribution in [2.75, 3.05) is 17.7 Å². The summed E-state index contributed by atoms with van der Waals surface area (Å²) in [5.74, 6) is 0.112. The fraction of sp³-hybridized carbons (Fsp3) is 0.143. The molecule has 3 rings (SSSR count). The molecule has 1 aliphatic rings. The average Bonchev–Trinajstić information content (AvgIpc) is 2.76. The summed E-state index contributed by atoms with van der Waals surface area (Å²) in [5, 5.41) is 5.22. The van der Waals surface area contributed by atoms with Crippen LogP contribution in [-0.4, -0.2) is 28.5 Å². The molecule has 0 radical (unpaired) electrons. The molecule has 0 unspecified atom stereocenters. The van der Waals surface area contributed by atoms with E-state index in [1.54, 1.807) is 0 Å². The van der Waals surface area contributed by atoms with E-state index in [2.05, 4.69) is 5.32 Å². The number of carbonyl (C=O) groups excluding carboxylic acids is 2. The van der Waals surface area contributed by atoms with Crippen molar-refractivity contribution in [2.45, 2.75) is 0 Å². The van der Waals surface area contributed by atoms with Gasteiger partial charge in [0, 0.05) is 5.69 Å². The van der Waals surface area contributed by atoms with E-state index in [0.717, 1.165) is 28.2 Å². The molecule has 1 fully saturated rings. The monoisotopic (exact) mass is 272 g/mol. The minimum atomic E-state index is -0.182. The molecule has 0 aromatic heterocycles. The van der Waals surface area contributed by atoms with Gasteiger partial charge in [0.15, 0.2) is 0 Å². The SMILES string of the molecule is O=C1CSC(=O)N1CNc1ccc2ccccc2c1. The predicted octanol–water partition coefficient (Wildman–Crippen LogP) is 2.90. The molecule has 2 aromatic rings. The Morgan fingerprint density at radius 3 is 2.63 bits per heavy atom. The number of rotatable bonds is 3. The number of fused-ring (bicyclic) bond motifs is 1. The van der Waals surface area contributed by atoms with Gasteiger partial charge in [-0.2, -0.15) is 0 Å². The van der Waals surface area contributed by atoms with Crippen LogP contribution in [0.5, 0.6) is 0 Å². The van der Waals surface area contributed by atoms with Crippen molar-refractivity contribution < 1.29 is 9.59 Å². The Morgan fingerprint density at radius 2 is 1.89 bits per heavy atom. The lowest BCUT2D eigenvalue weighted by atomic mass is 10.1. The quantitative estimate of drug-likeness (QED) is 0.933. The van der Waals surface area contributed by atoms with Gasteiger partial charge in [-0.1, -0.05) is 42.1 Å². The van der Waals surface area contributed by atoms with Gasteiger partial charge in [0.25, 0.3) is 5.24 Å². The van der Waals surface area contributed by atoms with E-state index in [1.165, 1.54) is 4.90 Å². The number of carbonyl (C=O) groups is 2. The van der Waals surface area contributed by atoms with Gasteiger partial charge in [0.05, 0.1) is 12.4 Å². The summed E-state index contributed by atoms with van der Waals surface area (Å²) in [4.78, 5) is 24.1. The summed E-state index contributed by atoms with van der Waals surface area (Å²) in [7, 11) is 0. The minimum Gasteiger partial charge on any atom is -0.367 e. The van der Waals surface area contributed by atoms with Crippen LogP contribution in [0.15, 0.2) is 42.5 Å². The van der Waals surface area contributed by atoms with Crippen LogP contribution in [0.1, 0.15) is 0 Å². The van der Waals surface area contributed by atoms with Crippen LogP contribution in [0.4, 0.5) is 10.5 Å². The van der Waals surface area contributed by atoms with Gasteiger partial charge in [-0.3, -0.25) is 14.5 Å². The molecular formula is C14H12N2O2S. The van der Waals surface area contributed by atoms with Crippen LogP contribution in [-0.2, 0) is 4.79 Å². The fourth-order valence-corrected chi connectivity index (χ4v) is 2.73. The predicted molar refractivity (Wildman–Crippen MR) is 77.1 cm³/mol. The Hall–Kier alpha value is -2.01. The third kappa shape index (κ3) is 2.42. The highest BCUT2D eigenvalue weighted by Crippen LogP contribution is 2.21. The molecule has 96 valence electrons. The van der Waals surface area contributed by atoms with Crippen LogP contribution in [0, 0.1) is 0 Å². The van der Waals surface area contributed by atoms with E-state index in [9.17, 15) is 9.59 Å². The first-order chi connectivity index (χ1) is 9.24. The van der Waals surface area contributed by atoms with Gasteiger partial charge >= 0.3 is 0 Å². The Kier molecular flexibility index (Phi) is 3.13. The van der Waals surface area contributed by atoms with Crippen molar-refractivity contribution in [2.24, 2.45) is 0 Å². The van der Waals surface area contributed by atoms with Crippen molar-refractivity contribution >= 4 is 39.4 Å². The summed E-state index contributed by atoms with van der Waals surface area (Å²) in [5.41, 5.74) is 0.899. The van der Waals surface area contributed by atoms with E-state index in [4.69, 9.17) is 0 Å². The first kappa shape index (κ1) is 12.0. The summed E-state index contributed by atoms with van der Waals surface area (Å²) in [6.45, 7) is 0.225. The molecule has 2 aromatic carbocycles. The maximum absolute atomic E-state index is 11.5. The van der Waals surface area contributed by atoms with Crippen molar-refractivity contribution in [1.82, 2.24) is 4.90 Å². The number of nitrogens with one attached hydrogen (secondary N) is 1. The normalized spacial score (nSPS) is 15.3. The van der Waals surface area contributed by atoms with Gasteiger partial charge in [-0.25, -0.2) is 0 Å². The zero-order valence-corrected chi connectivity index (χ0v) is 10.9. The van der Waals surface area contributed by atoms with Crippen molar-refractivity contribution in [3.63, 3.8) is 0 Å². The topological polar surface area (TPSA) is 49.4 Å². The Balaban J connectivity index is 1.75. The van der Waals surface area contributed by atoms with Crippen molar-refractivity contribution in [3.05, 3.63) is 42.5 Å². The fourth-order valence-electron chi connectivity index (χ4n) is 2.00. The molecule has 2 amide bonds. The molecule has 0 aliphatic carbocycles. The molecule has 0 saturated carbocycles. The van der Waals surface area contributed by atoms with Gasteiger partial charge in [0.1, 0.15) is 0 Å². The van der Waals surface area contributed by atoms with E-state index in [1.807, 2.05) is 42.5 Å². The third-order valence-electron chi connectivity index (χ3n) is 3.03. The Bertz CT molecular complexity index is 641. The number of amides is 2. The minimum absolute atomic E-state index is 0.136. The number of benzene rings is 2. The highest BCUT2D eigenvalue weighted by Gasteiger charge is 2.29. The zero-order chi connectivity index (χ0) is 13.2. The maximum Gasteiger partial charge on any atom is 0.290 e. The van der Waals surface area contributed by atoms with E-state index < -0.39 is 0 Å². The second kappa shape index (κ2) is 4.93. The smallest absolute Gasteiger partial charge is 0.290 e. The summed E-state index contributed by atoms with van der Waals surface area (Å²) in [6, 6.07) is 14.0. The van der Waals surface area contributed by atoms with E-state index in [-0.39, 0.29) is 23.6 Å². The molecule has 1 aliphatic heterocycles. The summed E-state index contributed by atoms with van der Waals surface area (Å²) in [6.07, 6.45) is 0. The summed E-state index contributed by atoms with van der Waals surface area (Å²) < 4.78 is 0. The Morgan fingerprint density at radius 1 is 1.11 bits per heavy atom. The van der Waals surface area contributed by atoms with Gasteiger partial charge < -0.3 is 5.32 Å². The lowest BCUT2D eigenvalue weighted by molar-refractivity contribution is -0.124. The van der Waals surface area contributed by atoms with Gasteiger partial charge in [0.2, 0.25) is 5.91 Å². The summed E-state index contributed by atoms with van der Waals surface area (Å²) >= 11 is 1.05. The van der Waals surface area contributed by atoms with Crippen molar-refractivity contribution in [3.8, 4) is 0 Å². The standard InChI is InChI=1S/C14H12N2O2S/c17-13-8-19-14(18)16(13)9-15-12-6-5-10-3-1-2-4-11(10)7-12/h1-7,15H,8-9H2. The molecule has 0 atom stereocenters. The van der Waals surface area contributed by atoms with Crippen LogP contribution in [0.3, 0.4) is 0 Å². The van der Waals surface area contributed by atoms with E-state index in [0.29, 0.717) is 0 Å². The molecule has 5 heteroatoms. The second-order valence-electron chi connectivity index (χ2n) is 4.27. The molecule has 19 heavy (non-hydrogen) atoms. The zero-order valence-electron chi connectivity index (χ0n) is 10.1. The number of nitrogens with zero attached hydrogens (tertiary/aromatic N) is 1. The first-order valence-electron chi connectivity index (χ1n) is 5.94. The molecule has 1 heterocycles. The number of hydrogen-bond donors (Lipinski definition) is 1. The molecule has 0 spiro atoms. The molecule has 1 saturated heterocycles. The number of imide groups is 1. The lowest BCUT2D eigenvalue weighted by Crippen LogP contribution is -2.33. The van der Waals surface area contributed by atoms with Gasteiger partial charge in [-0.05, 0) is 22.9 Å². The third-order valence-corrected chi connectivity index (χ3v) is 3.89. The second-order valence-corrected chi connectivity index (χ2v) is 5.20. The van der Waals surface area contributed by atoms with Gasteiger partial charge in [-0.15, -0.1) is 0 Å². The van der Waals surface area contributed by atoms with Crippen LogP contribution in [0.25, 0.3) is 10.8 Å². The molecule has 4 nitrogen and oxygen atoms in total. The first-order valence-corrected chi connectivity index (χ1v) is 6.92. The maximum atomic E-state index is 11.5.